The van der Waals surface area contributed by atoms with Crippen molar-refractivity contribution in [3.8, 4) is 5.75 Å². The molecule has 0 fully saturated rings. The van der Waals surface area contributed by atoms with Crippen molar-refractivity contribution in [3.63, 3.8) is 0 Å². The first-order chi connectivity index (χ1) is 9.81. The molecular formula is C12H11BrCl2N2O3S. The molecule has 0 spiro atoms. The fraction of sp³-hybridized carbons (Fsp3) is 0.250. The van der Waals surface area contributed by atoms with Crippen LogP contribution >= 0.6 is 38.2 Å². The van der Waals surface area contributed by atoms with Gasteiger partial charge in [0.25, 0.3) is 9.05 Å². The molecule has 0 radical (unpaired) electrons. The summed E-state index contributed by atoms with van der Waals surface area (Å²) in [5.74, 6) is 0.0270. The lowest BCUT2D eigenvalue weighted by molar-refractivity contribution is 0.298. The number of halogens is 3. The average Bonchev–Trinajstić information content (AvgIpc) is 2.83. The van der Waals surface area contributed by atoms with Gasteiger partial charge >= 0.3 is 0 Å². The molecule has 0 amide bonds. The third-order valence-corrected chi connectivity index (χ3v) is 4.70. The van der Waals surface area contributed by atoms with Gasteiger partial charge in [-0.1, -0.05) is 27.5 Å². The van der Waals surface area contributed by atoms with Gasteiger partial charge in [-0.2, -0.15) is 5.10 Å². The van der Waals surface area contributed by atoms with Crippen molar-refractivity contribution in [2.45, 2.75) is 25.0 Å². The maximum Gasteiger partial charge on any atom is 0.265 e. The zero-order valence-corrected chi connectivity index (χ0v) is 14.8. The van der Waals surface area contributed by atoms with Crippen molar-refractivity contribution >= 4 is 47.3 Å². The van der Waals surface area contributed by atoms with E-state index >= 15 is 0 Å². The predicted molar refractivity (Wildman–Crippen MR) is 84.4 cm³/mol. The zero-order chi connectivity index (χ0) is 15.6. The summed E-state index contributed by atoms with van der Waals surface area (Å²) in [4.78, 5) is -0.175. The second-order valence-electron chi connectivity index (χ2n) is 4.15. The van der Waals surface area contributed by atoms with Crippen LogP contribution in [-0.2, 0) is 22.2 Å². The van der Waals surface area contributed by atoms with Gasteiger partial charge in [0, 0.05) is 33.5 Å². The molecule has 0 aliphatic heterocycles. The first kappa shape index (κ1) is 16.6. The molecular weight excluding hydrogens is 403 g/mol. The summed E-state index contributed by atoms with van der Waals surface area (Å²) in [5.41, 5.74) is 0.800. The Labute approximate surface area is 140 Å². The van der Waals surface area contributed by atoms with E-state index < -0.39 is 9.05 Å². The predicted octanol–water partition coefficient (Wildman–Crippen LogP) is 3.83. The van der Waals surface area contributed by atoms with Crippen molar-refractivity contribution in [1.82, 2.24) is 9.78 Å². The molecule has 0 unspecified atom stereocenters. The van der Waals surface area contributed by atoms with Crippen molar-refractivity contribution in [1.29, 1.82) is 0 Å². The number of nitrogens with zero attached hydrogens (tertiary/aromatic N) is 2. The molecule has 114 valence electrons. The van der Waals surface area contributed by atoms with Gasteiger partial charge < -0.3 is 4.74 Å². The minimum absolute atomic E-state index is 0.0270. The Bertz CT molecular complexity index is 762. The fourth-order valence-electron chi connectivity index (χ4n) is 1.67. The van der Waals surface area contributed by atoms with E-state index in [0.717, 1.165) is 12.1 Å². The van der Waals surface area contributed by atoms with Crippen LogP contribution in [-0.4, -0.2) is 18.2 Å². The van der Waals surface area contributed by atoms with E-state index in [0.29, 0.717) is 4.47 Å². The highest BCUT2D eigenvalue weighted by Gasteiger charge is 2.21. The summed E-state index contributed by atoms with van der Waals surface area (Å²) in [6.07, 6.45) is 3.45. The summed E-state index contributed by atoms with van der Waals surface area (Å²) in [5, 5.41) is 4.27. The number of hydrogen-bond donors (Lipinski definition) is 0. The van der Waals surface area contributed by atoms with E-state index in [1.165, 1.54) is 12.1 Å². The van der Waals surface area contributed by atoms with Gasteiger partial charge in [0.15, 0.2) is 5.75 Å². The number of benzene rings is 1. The van der Waals surface area contributed by atoms with E-state index in [2.05, 4.69) is 21.0 Å². The van der Waals surface area contributed by atoms with Crippen LogP contribution in [0.5, 0.6) is 5.75 Å². The highest BCUT2D eigenvalue weighted by atomic mass is 79.9. The van der Waals surface area contributed by atoms with E-state index in [9.17, 15) is 8.42 Å². The highest BCUT2D eigenvalue weighted by molar-refractivity contribution is 9.10. The van der Waals surface area contributed by atoms with Gasteiger partial charge in [0.05, 0.1) is 11.2 Å². The minimum atomic E-state index is -3.97. The van der Waals surface area contributed by atoms with E-state index in [1.807, 2.05) is 13.1 Å². The average molecular weight is 414 g/mol. The monoisotopic (exact) mass is 412 g/mol. The number of aromatic nitrogens is 2. The molecule has 5 nitrogen and oxygen atoms in total. The number of ether oxygens (including phenoxy) is 1. The summed E-state index contributed by atoms with van der Waals surface area (Å²) in [7, 11) is 1.44. The SMILES string of the molecule is CCn1cc(COc2c(Cl)cc(Br)cc2S(=O)(=O)Cl)cn1. The van der Waals surface area contributed by atoms with Gasteiger partial charge in [-0.3, -0.25) is 4.68 Å². The molecule has 2 aromatic rings. The van der Waals surface area contributed by atoms with Crippen LogP contribution in [0.15, 0.2) is 33.9 Å². The Morgan fingerprint density at radius 2 is 2.14 bits per heavy atom. The molecule has 0 atom stereocenters. The lowest BCUT2D eigenvalue weighted by atomic mass is 10.3. The van der Waals surface area contributed by atoms with Crippen LogP contribution < -0.4 is 4.74 Å². The summed E-state index contributed by atoms with van der Waals surface area (Å²) in [6.45, 7) is 2.84. The molecule has 1 heterocycles. The Hall–Kier alpha value is -0.760. The highest BCUT2D eigenvalue weighted by Crippen LogP contribution is 2.37. The summed E-state index contributed by atoms with van der Waals surface area (Å²) >= 11 is 9.21. The van der Waals surface area contributed by atoms with Crippen LogP contribution in [0.1, 0.15) is 12.5 Å². The lowest BCUT2D eigenvalue weighted by Crippen LogP contribution is -2.01. The molecule has 2 rings (SSSR count). The molecule has 9 heteroatoms. The van der Waals surface area contributed by atoms with Crippen molar-refractivity contribution < 1.29 is 13.2 Å². The third kappa shape index (κ3) is 4.12. The summed E-state index contributed by atoms with van der Waals surface area (Å²) < 4.78 is 31.0. The molecule has 0 aliphatic rings. The Kier molecular flexibility index (Phi) is 5.19. The number of rotatable bonds is 5. The van der Waals surface area contributed by atoms with Crippen LogP contribution in [0.2, 0.25) is 5.02 Å². The summed E-state index contributed by atoms with van der Waals surface area (Å²) in [6, 6.07) is 2.89. The van der Waals surface area contributed by atoms with Crippen molar-refractivity contribution in [2.75, 3.05) is 0 Å². The minimum Gasteiger partial charge on any atom is -0.486 e. The molecule has 0 N–H and O–H groups in total. The van der Waals surface area contributed by atoms with Gasteiger partial charge in [-0.05, 0) is 19.1 Å². The molecule has 21 heavy (non-hydrogen) atoms. The molecule has 0 saturated heterocycles. The largest absolute Gasteiger partial charge is 0.486 e. The van der Waals surface area contributed by atoms with Crippen LogP contribution in [0, 0.1) is 0 Å². The molecule has 0 bridgehead atoms. The van der Waals surface area contributed by atoms with Gasteiger partial charge in [-0.15, -0.1) is 0 Å². The lowest BCUT2D eigenvalue weighted by Gasteiger charge is -2.11. The first-order valence-electron chi connectivity index (χ1n) is 5.89. The topological polar surface area (TPSA) is 61.2 Å². The second kappa shape index (κ2) is 6.56. The number of hydrogen-bond acceptors (Lipinski definition) is 4. The second-order valence-corrected chi connectivity index (χ2v) is 8.00. The Morgan fingerprint density at radius 1 is 1.43 bits per heavy atom. The normalized spacial score (nSPS) is 11.6. The third-order valence-electron chi connectivity index (χ3n) is 2.63. The quantitative estimate of drug-likeness (QED) is 0.699. The smallest absolute Gasteiger partial charge is 0.265 e. The van der Waals surface area contributed by atoms with E-state index in [4.69, 9.17) is 27.0 Å². The van der Waals surface area contributed by atoms with Crippen LogP contribution in [0.3, 0.4) is 0 Å². The van der Waals surface area contributed by atoms with Gasteiger partial charge in [-0.25, -0.2) is 8.42 Å². The van der Waals surface area contributed by atoms with Crippen molar-refractivity contribution in [3.05, 3.63) is 39.6 Å². The molecule has 1 aromatic carbocycles. The van der Waals surface area contributed by atoms with Crippen LogP contribution in [0.4, 0.5) is 0 Å². The number of aryl methyl sites for hydroxylation is 1. The maximum atomic E-state index is 11.6. The van der Waals surface area contributed by atoms with Gasteiger partial charge in [0.2, 0.25) is 0 Å². The Morgan fingerprint density at radius 3 is 2.71 bits per heavy atom. The van der Waals surface area contributed by atoms with Crippen LogP contribution in [0.25, 0.3) is 0 Å². The zero-order valence-electron chi connectivity index (χ0n) is 10.9. The van der Waals surface area contributed by atoms with E-state index in [-0.39, 0.29) is 22.3 Å². The van der Waals surface area contributed by atoms with E-state index in [1.54, 1.807) is 10.9 Å². The van der Waals surface area contributed by atoms with Crippen molar-refractivity contribution in [2.24, 2.45) is 0 Å². The standard InChI is InChI=1S/C12H11BrCl2N2O3S/c1-2-17-6-8(5-16-17)7-20-12-10(14)3-9(13)4-11(12)21(15,18)19/h3-6H,2,7H2,1H3. The first-order valence-corrected chi connectivity index (χ1v) is 9.37. The molecule has 0 saturated carbocycles. The maximum absolute atomic E-state index is 11.6. The fourth-order valence-corrected chi connectivity index (χ4v) is 3.74. The molecule has 1 aromatic heterocycles. The molecule has 0 aliphatic carbocycles. The van der Waals surface area contributed by atoms with Gasteiger partial charge in [0.1, 0.15) is 11.5 Å². The Balaban J connectivity index is 2.31.